The molecule has 3 aromatic rings. The molecule has 2 aliphatic rings. The lowest BCUT2D eigenvalue weighted by atomic mass is 9.88. The minimum absolute atomic E-state index is 0.00490. The zero-order valence-corrected chi connectivity index (χ0v) is 25.9. The predicted molar refractivity (Wildman–Crippen MR) is 163 cm³/mol. The molecule has 220 valence electrons. The molecule has 5 rings (SSSR count). The Balaban J connectivity index is 1.54. The van der Waals surface area contributed by atoms with E-state index in [1.54, 1.807) is 0 Å². The van der Waals surface area contributed by atoms with Crippen LogP contribution in [0.1, 0.15) is 74.4 Å². The van der Waals surface area contributed by atoms with Crippen LogP contribution in [0.4, 0.5) is 0 Å². The van der Waals surface area contributed by atoms with Gasteiger partial charge in [0.2, 0.25) is 0 Å². The summed E-state index contributed by atoms with van der Waals surface area (Å²) in [5, 5.41) is 6.68. The Labute approximate surface area is 248 Å². The highest BCUT2D eigenvalue weighted by Gasteiger charge is 2.29. The summed E-state index contributed by atoms with van der Waals surface area (Å²) in [6.07, 6.45) is 5.43. The summed E-state index contributed by atoms with van der Waals surface area (Å²) in [5.41, 5.74) is 9.15. The first-order valence-corrected chi connectivity index (χ1v) is 15.2. The van der Waals surface area contributed by atoms with E-state index in [-0.39, 0.29) is 18.0 Å². The third-order valence-corrected chi connectivity index (χ3v) is 9.19. The molecule has 1 aliphatic heterocycles. The van der Waals surface area contributed by atoms with E-state index in [4.69, 9.17) is 30.9 Å². The summed E-state index contributed by atoms with van der Waals surface area (Å²) in [6.45, 7) is 13.0. The fraction of sp³-hybridized carbons (Fsp3) is 0.515. The zero-order valence-electron chi connectivity index (χ0n) is 25.2. The van der Waals surface area contributed by atoms with Gasteiger partial charge in [-0.25, -0.2) is 4.79 Å². The normalized spacial score (nSPS) is 19.6. The van der Waals surface area contributed by atoms with Gasteiger partial charge in [-0.15, -0.1) is 0 Å². The highest BCUT2D eigenvalue weighted by atomic mass is 35.5. The standard InChI is InChI=1S/C33H42ClN3O4/c1-7-40-33(38)32-25(14-11-17-41-28-18-20(2)30(34)22(4)21(28)3)24-12-10-13-26-29-23(5)35-36(6)27(29)19-39-16-9-8-15-37(32)31(24)26/h10,12-13,18,21,28H,7-9,11,14-17,19H2,1-6H3. The SMILES string of the molecule is CCOC(=O)c1c(CCCOC2C=C(C)C(Cl)=C(C)C2C)c2cccc3c2n1CCCCOCc1c-3c(C)nn1C. The van der Waals surface area contributed by atoms with Crippen molar-refractivity contribution in [3.63, 3.8) is 0 Å². The van der Waals surface area contributed by atoms with E-state index in [0.717, 1.165) is 68.8 Å². The second kappa shape index (κ2) is 12.6. The maximum Gasteiger partial charge on any atom is 0.355 e. The zero-order chi connectivity index (χ0) is 29.3. The lowest BCUT2D eigenvalue weighted by Crippen LogP contribution is -2.25. The monoisotopic (exact) mass is 579 g/mol. The fourth-order valence-electron chi connectivity index (χ4n) is 6.34. The third kappa shape index (κ3) is 5.64. The number of esters is 1. The number of nitrogens with zero attached hydrogens (tertiary/aromatic N) is 3. The van der Waals surface area contributed by atoms with Crippen LogP contribution in [0.5, 0.6) is 0 Å². The molecule has 0 saturated heterocycles. The topological polar surface area (TPSA) is 67.5 Å². The van der Waals surface area contributed by atoms with Crippen LogP contribution in [0, 0.1) is 12.8 Å². The molecule has 2 aromatic heterocycles. The molecule has 3 heterocycles. The molecule has 2 unspecified atom stereocenters. The van der Waals surface area contributed by atoms with Gasteiger partial charge in [0.1, 0.15) is 5.69 Å². The van der Waals surface area contributed by atoms with Gasteiger partial charge >= 0.3 is 5.97 Å². The number of carbonyl (C=O) groups is 1. The van der Waals surface area contributed by atoms with Crippen molar-refractivity contribution in [1.82, 2.24) is 14.3 Å². The van der Waals surface area contributed by atoms with E-state index in [9.17, 15) is 4.79 Å². The Kier molecular flexibility index (Phi) is 9.07. The van der Waals surface area contributed by atoms with Gasteiger partial charge in [0.15, 0.2) is 0 Å². The summed E-state index contributed by atoms with van der Waals surface area (Å²) >= 11 is 6.47. The second-order valence-corrected chi connectivity index (χ2v) is 11.6. The number of allylic oxidation sites excluding steroid dienone is 2. The average Bonchev–Trinajstić information content (AvgIpc) is 3.40. The molecule has 0 saturated carbocycles. The number of benzene rings is 1. The van der Waals surface area contributed by atoms with E-state index < -0.39 is 0 Å². The Morgan fingerprint density at radius 1 is 1.22 bits per heavy atom. The van der Waals surface area contributed by atoms with Crippen molar-refractivity contribution in [1.29, 1.82) is 0 Å². The molecule has 0 spiro atoms. The van der Waals surface area contributed by atoms with Crippen LogP contribution in [-0.2, 0) is 40.8 Å². The van der Waals surface area contributed by atoms with Gasteiger partial charge in [-0.2, -0.15) is 5.10 Å². The molecule has 2 atom stereocenters. The summed E-state index contributed by atoms with van der Waals surface area (Å²) in [5.74, 6) is -0.0418. The molecule has 8 heteroatoms. The van der Waals surface area contributed by atoms with E-state index >= 15 is 0 Å². The molecule has 0 amide bonds. The van der Waals surface area contributed by atoms with Crippen molar-refractivity contribution in [2.24, 2.45) is 13.0 Å². The number of aryl methyl sites for hydroxylation is 4. The molecule has 1 aliphatic carbocycles. The van der Waals surface area contributed by atoms with Crippen molar-refractivity contribution < 1.29 is 19.0 Å². The van der Waals surface area contributed by atoms with Gasteiger partial charge < -0.3 is 18.8 Å². The molecule has 0 N–H and O–H groups in total. The maximum atomic E-state index is 13.6. The minimum Gasteiger partial charge on any atom is -0.461 e. The third-order valence-electron chi connectivity index (χ3n) is 8.59. The first kappa shape index (κ1) is 29.6. The second-order valence-electron chi connectivity index (χ2n) is 11.3. The first-order valence-electron chi connectivity index (χ1n) is 14.8. The Morgan fingerprint density at radius 3 is 2.80 bits per heavy atom. The predicted octanol–water partition coefficient (Wildman–Crippen LogP) is 7.26. The van der Waals surface area contributed by atoms with Crippen LogP contribution in [0.2, 0.25) is 0 Å². The smallest absolute Gasteiger partial charge is 0.355 e. The molecule has 1 aromatic carbocycles. The van der Waals surface area contributed by atoms with Crippen LogP contribution in [-0.4, -0.2) is 46.2 Å². The van der Waals surface area contributed by atoms with Gasteiger partial charge in [0, 0.05) is 54.3 Å². The number of ether oxygens (including phenoxy) is 3. The van der Waals surface area contributed by atoms with Gasteiger partial charge in [-0.05, 0) is 70.1 Å². The van der Waals surface area contributed by atoms with Crippen LogP contribution in [0.3, 0.4) is 0 Å². The van der Waals surface area contributed by atoms with Crippen LogP contribution >= 0.6 is 11.6 Å². The van der Waals surface area contributed by atoms with E-state index in [1.807, 2.05) is 32.5 Å². The van der Waals surface area contributed by atoms with Gasteiger partial charge in [0.25, 0.3) is 0 Å². The number of hydrogen-bond acceptors (Lipinski definition) is 5. The average molecular weight is 580 g/mol. The van der Waals surface area contributed by atoms with Gasteiger partial charge in [-0.3, -0.25) is 4.68 Å². The largest absolute Gasteiger partial charge is 0.461 e. The lowest BCUT2D eigenvalue weighted by molar-refractivity contribution is 0.0507. The van der Waals surface area contributed by atoms with E-state index in [2.05, 4.69) is 42.7 Å². The lowest BCUT2D eigenvalue weighted by Gasteiger charge is -2.28. The van der Waals surface area contributed by atoms with Crippen LogP contribution < -0.4 is 0 Å². The minimum atomic E-state index is -0.269. The molecule has 0 radical (unpaired) electrons. The van der Waals surface area contributed by atoms with Crippen molar-refractivity contribution in [2.75, 3.05) is 19.8 Å². The molecule has 41 heavy (non-hydrogen) atoms. The number of rotatable bonds is 7. The van der Waals surface area contributed by atoms with Crippen molar-refractivity contribution in [3.05, 3.63) is 63.1 Å². The molecular weight excluding hydrogens is 538 g/mol. The molecular formula is C33H42ClN3O4. The first-order chi connectivity index (χ1) is 19.7. The van der Waals surface area contributed by atoms with Crippen molar-refractivity contribution in [3.8, 4) is 11.1 Å². The summed E-state index contributed by atoms with van der Waals surface area (Å²) in [4.78, 5) is 13.6. The van der Waals surface area contributed by atoms with Crippen LogP contribution in [0.25, 0.3) is 22.0 Å². The number of fused-ring (bicyclic) bond motifs is 2. The Hall–Kier alpha value is -2.87. The number of hydrogen-bond donors (Lipinski definition) is 0. The molecule has 0 fully saturated rings. The molecule has 0 bridgehead atoms. The number of halogens is 1. The summed E-state index contributed by atoms with van der Waals surface area (Å²) in [6, 6.07) is 6.37. The number of aromatic nitrogens is 3. The molecule has 7 nitrogen and oxygen atoms in total. The number of carbonyl (C=O) groups excluding carboxylic acids is 1. The highest BCUT2D eigenvalue weighted by Crippen LogP contribution is 2.39. The summed E-state index contributed by atoms with van der Waals surface area (Å²) in [7, 11) is 1.97. The fourth-order valence-corrected chi connectivity index (χ4v) is 6.57. The Bertz CT molecular complexity index is 1510. The highest BCUT2D eigenvalue weighted by molar-refractivity contribution is 6.32. The summed E-state index contributed by atoms with van der Waals surface area (Å²) < 4.78 is 22.2. The van der Waals surface area contributed by atoms with E-state index in [1.165, 1.54) is 5.57 Å². The van der Waals surface area contributed by atoms with Crippen molar-refractivity contribution in [2.45, 2.75) is 79.6 Å². The van der Waals surface area contributed by atoms with Gasteiger partial charge in [-0.1, -0.05) is 42.8 Å². The van der Waals surface area contributed by atoms with Gasteiger partial charge in [0.05, 0.1) is 36.2 Å². The van der Waals surface area contributed by atoms with Crippen molar-refractivity contribution >= 4 is 28.5 Å². The maximum absolute atomic E-state index is 13.6. The van der Waals surface area contributed by atoms with E-state index in [0.29, 0.717) is 45.1 Å². The quantitative estimate of drug-likeness (QED) is 0.218. The Morgan fingerprint density at radius 2 is 2.02 bits per heavy atom. The number of para-hydroxylation sites is 1. The van der Waals surface area contributed by atoms with Crippen LogP contribution in [0.15, 0.2) is 40.5 Å².